The Kier molecular flexibility index (Phi) is 36.2. The third kappa shape index (κ3) is 25.9. The molecule has 1 rings (SSSR count). The Morgan fingerprint density at radius 2 is 1.69 bits per heavy atom. The first-order valence-corrected chi connectivity index (χ1v) is 10.4. The molecule has 5 nitrogen and oxygen atoms in total. The van der Waals surface area contributed by atoms with Gasteiger partial charge in [-0.25, -0.2) is 0 Å². The van der Waals surface area contributed by atoms with Crippen molar-refractivity contribution in [2.45, 2.75) is 74.1 Å². The summed E-state index contributed by atoms with van der Waals surface area (Å²) in [5.41, 5.74) is 3.55. The fourth-order valence-electron chi connectivity index (χ4n) is 1.95. The number of phenolic OH excluding ortho intramolecular Hbond substituents is 1. The van der Waals surface area contributed by atoms with Gasteiger partial charge in [0, 0.05) is 21.3 Å². The highest BCUT2D eigenvalue weighted by atomic mass is 16.4. The molecule has 0 fully saturated rings. The molecule has 1 aromatic rings. The fourth-order valence-corrected chi connectivity index (χ4v) is 1.95. The fraction of sp³-hybridized carbons (Fsp3) is 0.583. The molecule has 170 valence electrons. The van der Waals surface area contributed by atoms with E-state index in [0.29, 0.717) is 5.75 Å². The normalized spacial score (nSPS) is 9.03. The summed E-state index contributed by atoms with van der Waals surface area (Å²) in [6.45, 7) is 13.8. The van der Waals surface area contributed by atoms with Crippen LogP contribution in [-0.2, 0) is 22.4 Å². The number of methoxy groups -OCH3 is 1. The molecule has 0 heterocycles. The Morgan fingerprint density at radius 1 is 1.17 bits per heavy atom. The van der Waals surface area contributed by atoms with Gasteiger partial charge in [0.1, 0.15) is 12.0 Å². The smallest absolute Gasteiger partial charge is 0.119 e. The van der Waals surface area contributed by atoms with E-state index in [1.165, 1.54) is 18.1 Å². The highest BCUT2D eigenvalue weighted by molar-refractivity contribution is 5.55. The van der Waals surface area contributed by atoms with E-state index < -0.39 is 0 Å². The molecule has 0 bridgehead atoms. The molecule has 0 spiro atoms. The zero-order valence-electron chi connectivity index (χ0n) is 20.5. The van der Waals surface area contributed by atoms with Crippen molar-refractivity contribution in [3.63, 3.8) is 0 Å². The minimum Gasteiger partial charge on any atom is -0.508 e. The Hall–Kier alpha value is -2.14. The van der Waals surface area contributed by atoms with Gasteiger partial charge in [0.05, 0.1) is 6.34 Å². The van der Waals surface area contributed by atoms with Crippen LogP contribution in [0.25, 0.3) is 0 Å². The van der Waals surface area contributed by atoms with Gasteiger partial charge in [-0.1, -0.05) is 53.2 Å². The number of ether oxygens (including phenoxy) is 1. The second kappa shape index (κ2) is 30.6. The molecule has 29 heavy (non-hydrogen) atoms. The van der Waals surface area contributed by atoms with Crippen molar-refractivity contribution in [2.24, 2.45) is 4.99 Å². The van der Waals surface area contributed by atoms with Crippen LogP contribution in [0.1, 0.15) is 71.1 Å². The van der Waals surface area contributed by atoms with Crippen LogP contribution in [0, 0.1) is 6.92 Å². The van der Waals surface area contributed by atoms with E-state index in [2.05, 4.69) is 48.8 Å². The maximum atomic E-state index is 9.73. The van der Waals surface area contributed by atoms with E-state index >= 15 is 0 Å². The van der Waals surface area contributed by atoms with Crippen molar-refractivity contribution in [1.29, 1.82) is 0 Å². The van der Waals surface area contributed by atoms with Gasteiger partial charge in [-0.15, -0.1) is 0 Å². The zero-order chi connectivity index (χ0) is 23.5. The predicted octanol–water partition coefficient (Wildman–Crippen LogP) is 5.87. The third-order valence-corrected chi connectivity index (χ3v) is 3.07. The van der Waals surface area contributed by atoms with Crippen LogP contribution in [0.5, 0.6) is 5.75 Å². The molecule has 0 atom stereocenters. The third-order valence-electron chi connectivity index (χ3n) is 3.07. The Bertz CT molecular complexity index is 490. The molecule has 0 saturated carbocycles. The lowest BCUT2D eigenvalue weighted by molar-refractivity contribution is -0.106. The van der Waals surface area contributed by atoms with Crippen molar-refractivity contribution >= 4 is 12.6 Å². The van der Waals surface area contributed by atoms with Crippen LogP contribution in [0.15, 0.2) is 29.4 Å². The first-order chi connectivity index (χ1) is 13.9. The Labute approximate surface area is 180 Å². The summed E-state index contributed by atoms with van der Waals surface area (Å²) in [4.78, 5) is 12.5. The summed E-state index contributed by atoms with van der Waals surface area (Å²) < 4.78 is 4.25. The van der Waals surface area contributed by atoms with Crippen LogP contribution in [-0.4, -0.2) is 39.0 Å². The number of nitrogens with zero attached hydrogens (tertiary/aromatic N) is 1. The molecule has 1 aromatic carbocycles. The van der Waals surface area contributed by atoms with E-state index in [0.717, 1.165) is 37.5 Å². The van der Waals surface area contributed by atoms with Crippen LogP contribution in [0.2, 0.25) is 0 Å². The molecule has 0 aliphatic carbocycles. The van der Waals surface area contributed by atoms with Gasteiger partial charge in [-0.3, -0.25) is 4.99 Å². The summed E-state index contributed by atoms with van der Waals surface area (Å²) in [5, 5.41) is 12.6. The number of aromatic hydroxyl groups is 1. The van der Waals surface area contributed by atoms with Crippen molar-refractivity contribution in [2.75, 3.05) is 21.3 Å². The molecular formula is C24H46N2O3. The highest BCUT2D eigenvalue weighted by Crippen LogP contribution is 2.24. The lowest BCUT2D eigenvalue weighted by Crippen LogP contribution is -1.98. The number of rotatable bonds is 6. The van der Waals surface area contributed by atoms with Gasteiger partial charge >= 0.3 is 0 Å². The lowest BCUT2D eigenvalue weighted by atomic mass is 9.99. The maximum Gasteiger partial charge on any atom is 0.119 e. The maximum absolute atomic E-state index is 9.73. The van der Waals surface area contributed by atoms with Crippen molar-refractivity contribution < 1.29 is 14.6 Å². The van der Waals surface area contributed by atoms with E-state index in [1.54, 1.807) is 27.6 Å². The molecule has 5 heteroatoms. The Balaban J connectivity index is -0.000000167. The lowest BCUT2D eigenvalue weighted by Gasteiger charge is -2.09. The van der Waals surface area contributed by atoms with Crippen molar-refractivity contribution in [3.8, 4) is 5.75 Å². The van der Waals surface area contributed by atoms with Gasteiger partial charge in [-0.2, -0.15) is 0 Å². The van der Waals surface area contributed by atoms with Crippen LogP contribution >= 0.6 is 0 Å². The molecule has 0 aliphatic heterocycles. The predicted molar refractivity (Wildman–Crippen MR) is 129 cm³/mol. The highest BCUT2D eigenvalue weighted by Gasteiger charge is 2.05. The van der Waals surface area contributed by atoms with Gasteiger partial charge in [-0.05, 0) is 62.1 Å². The summed E-state index contributed by atoms with van der Waals surface area (Å²) in [5.74, 6) is 0.471. The number of aliphatic imine (C=N–C) groups is 1. The average molecular weight is 411 g/mol. The average Bonchev–Trinajstić information content (AvgIpc) is 2.71. The molecule has 0 saturated heterocycles. The van der Waals surface area contributed by atoms with E-state index in [9.17, 15) is 5.11 Å². The minimum absolute atomic E-state index is 0.471. The largest absolute Gasteiger partial charge is 0.508 e. The summed E-state index contributed by atoms with van der Waals surface area (Å²) in [6.07, 6.45) is 10.4. The van der Waals surface area contributed by atoms with Crippen LogP contribution in [0.4, 0.5) is 0 Å². The van der Waals surface area contributed by atoms with Crippen molar-refractivity contribution in [1.82, 2.24) is 5.32 Å². The number of carbonyl (C=O) groups is 1. The quantitative estimate of drug-likeness (QED) is 0.350. The summed E-state index contributed by atoms with van der Waals surface area (Å²) >= 11 is 0. The van der Waals surface area contributed by atoms with Gasteiger partial charge < -0.3 is 20.0 Å². The number of aryl methyl sites for hydroxylation is 2. The number of carbonyl (C=O) groups excluding carboxylic acids is 1. The molecule has 0 radical (unpaired) electrons. The standard InChI is InChI=1S/C12H18O.C6H12N2.C2H6O.C2H4O.C2H6/c1-4-6-11-9(3)7-10(5-2)8-12(11)13;1-3-4-5-8-6-7-2;1-3-2;1-2-3;1-2/h7-8,13H,4-6H2,1-3H3;4-6H,3H2,1-2H3,(H,7,8);1-2H3;2H,1H3;1-2H3/b;5-4+;;;. The van der Waals surface area contributed by atoms with Crippen LogP contribution in [0.3, 0.4) is 0 Å². The number of phenols is 1. The van der Waals surface area contributed by atoms with E-state index in [4.69, 9.17) is 4.79 Å². The van der Waals surface area contributed by atoms with E-state index in [-0.39, 0.29) is 0 Å². The molecule has 0 aromatic heterocycles. The summed E-state index contributed by atoms with van der Waals surface area (Å²) in [7, 11) is 4.98. The number of nitrogens with one attached hydrogen (secondary N) is 1. The van der Waals surface area contributed by atoms with Crippen molar-refractivity contribution in [3.05, 3.63) is 41.1 Å². The van der Waals surface area contributed by atoms with Gasteiger partial charge in [0.15, 0.2) is 0 Å². The topological polar surface area (TPSA) is 70.9 Å². The minimum atomic E-state index is 0.471. The number of aldehydes is 1. The number of allylic oxidation sites excluding steroid dienone is 1. The van der Waals surface area contributed by atoms with Gasteiger partial charge in [0.2, 0.25) is 0 Å². The summed E-state index contributed by atoms with van der Waals surface area (Å²) in [6, 6.07) is 4.06. The number of hydrogen-bond acceptors (Lipinski definition) is 4. The molecule has 2 N–H and O–H groups in total. The second-order valence-electron chi connectivity index (χ2n) is 5.52. The Morgan fingerprint density at radius 3 is 2.03 bits per heavy atom. The molecule has 0 amide bonds. The molecule has 0 aliphatic rings. The SMILES string of the molecule is CC.CC/C=C/NC=NC.CC=O.CCCc1c(C)cc(CC)cc1O.COC. The number of hydrogen-bond donors (Lipinski definition) is 2. The molecule has 0 unspecified atom stereocenters. The first-order valence-electron chi connectivity index (χ1n) is 10.4. The second-order valence-corrected chi connectivity index (χ2v) is 5.52. The first kappa shape index (κ1) is 34.4. The zero-order valence-corrected chi connectivity index (χ0v) is 20.5. The van der Waals surface area contributed by atoms with E-state index in [1.807, 2.05) is 32.2 Å². The van der Waals surface area contributed by atoms with Crippen LogP contribution < -0.4 is 5.32 Å². The molecular weight excluding hydrogens is 364 g/mol. The van der Waals surface area contributed by atoms with Gasteiger partial charge in [0.25, 0.3) is 0 Å². The monoisotopic (exact) mass is 410 g/mol. The number of benzene rings is 1.